The Kier molecular flexibility index (Phi) is 5.91. The highest BCUT2D eigenvalue weighted by Gasteiger charge is 2.29. The minimum Gasteiger partial charge on any atom is -0.378 e. The van der Waals surface area contributed by atoms with Crippen molar-refractivity contribution >= 4 is 39.6 Å². The molecule has 2 aliphatic heterocycles. The number of carbonyl (C=O) groups excluding carboxylic acids is 1. The number of pyridine rings is 2. The van der Waals surface area contributed by atoms with Gasteiger partial charge in [-0.05, 0) is 31.2 Å². The molecule has 0 saturated carbocycles. The van der Waals surface area contributed by atoms with Crippen molar-refractivity contribution < 1.29 is 9.53 Å². The molecular formula is C28H31N7O3. The third-order valence-electron chi connectivity index (χ3n) is 7.52. The monoisotopic (exact) mass is 513 g/mol. The number of morpholine rings is 1. The molecule has 1 fully saturated rings. The minimum absolute atomic E-state index is 0.00726. The van der Waals surface area contributed by atoms with E-state index in [0.29, 0.717) is 31.9 Å². The molecule has 10 heteroatoms. The number of aryl methyl sites for hydroxylation is 3. The first kappa shape index (κ1) is 24.2. The van der Waals surface area contributed by atoms with E-state index >= 15 is 0 Å². The number of nitrogens with zero attached hydrogens (tertiary/aromatic N) is 7. The zero-order valence-corrected chi connectivity index (χ0v) is 22.1. The largest absolute Gasteiger partial charge is 0.378 e. The number of benzene rings is 1. The molecule has 6 rings (SSSR count). The van der Waals surface area contributed by atoms with Crippen molar-refractivity contribution in [1.29, 1.82) is 0 Å². The lowest BCUT2D eigenvalue weighted by Gasteiger charge is -2.38. The van der Waals surface area contributed by atoms with Crippen LogP contribution in [0.4, 0.5) is 22.7 Å². The van der Waals surface area contributed by atoms with Crippen molar-refractivity contribution in [3.05, 3.63) is 58.8 Å². The number of hydrogen-bond donors (Lipinski definition) is 0. The van der Waals surface area contributed by atoms with Gasteiger partial charge in [-0.2, -0.15) is 5.10 Å². The highest BCUT2D eigenvalue weighted by atomic mass is 16.5. The quantitative estimate of drug-likeness (QED) is 0.416. The van der Waals surface area contributed by atoms with Crippen molar-refractivity contribution in [3.8, 4) is 11.3 Å². The van der Waals surface area contributed by atoms with Crippen LogP contribution >= 0.6 is 0 Å². The first-order chi connectivity index (χ1) is 18.3. The van der Waals surface area contributed by atoms with Gasteiger partial charge in [0.15, 0.2) is 0 Å². The van der Waals surface area contributed by atoms with Gasteiger partial charge in [0.2, 0.25) is 5.91 Å². The van der Waals surface area contributed by atoms with Gasteiger partial charge in [0.1, 0.15) is 0 Å². The zero-order valence-electron chi connectivity index (χ0n) is 22.1. The molecule has 1 amide bonds. The Morgan fingerprint density at radius 1 is 0.947 bits per heavy atom. The van der Waals surface area contributed by atoms with Gasteiger partial charge in [0, 0.05) is 75.6 Å². The number of anilines is 4. The molecule has 0 aliphatic carbocycles. The van der Waals surface area contributed by atoms with Crippen molar-refractivity contribution in [2.75, 3.05) is 54.1 Å². The SMILES string of the molecule is CC(=O)N1CCN(c2cc(N3CCOCC3)cc3c2cc(C)c(=O)n3C)c2cnc(-c3cnn(C)c3)cc21. The van der Waals surface area contributed by atoms with Gasteiger partial charge in [-0.3, -0.25) is 19.3 Å². The van der Waals surface area contributed by atoms with Crippen molar-refractivity contribution in [2.45, 2.75) is 13.8 Å². The summed E-state index contributed by atoms with van der Waals surface area (Å²) in [5, 5.41) is 5.26. The summed E-state index contributed by atoms with van der Waals surface area (Å²) in [4.78, 5) is 36.7. The van der Waals surface area contributed by atoms with E-state index in [1.54, 1.807) is 22.4 Å². The molecule has 38 heavy (non-hydrogen) atoms. The molecule has 0 N–H and O–H groups in total. The second-order valence-corrected chi connectivity index (χ2v) is 9.97. The Morgan fingerprint density at radius 3 is 2.45 bits per heavy atom. The van der Waals surface area contributed by atoms with Crippen LogP contribution in [0.5, 0.6) is 0 Å². The number of hydrogen-bond acceptors (Lipinski definition) is 7. The molecule has 0 atom stereocenters. The maximum Gasteiger partial charge on any atom is 0.253 e. The van der Waals surface area contributed by atoms with E-state index in [4.69, 9.17) is 9.72 Å². The molecule has 4 aromatic rings. The molecule has 0 bridgehead atoms. The van der Waals surface area contributed by atoms with Crippen LogP contribution < -0.4 is 20.3 Å². The summed E-state index contributed by atoms with van der Waals surface area (Å²) in [5.41, 5.74) is 6.90. The first-order valence-corrected chi connectivity index (χ1v) is 12.8. The Balaban J connectivity index is 1.56. The highest BCUT2D eigenvalue weighted by molar-refractivity contribution is 6.02. The van der Waals surface area contributed by atoms with Crippen molar-refractivity contribution in [2.24, 2.45) is 14.1 Å². The molecular weight excluding hydrogens is 482 g/mol. The molecule has 0 unspecified atom stereocenters. The molecule has 5 heterocycles. The summed E-state index contributed by atoms with van der Waals surface area (Å²) in [6, 6.07) is 8.24. The molecule has 196 valence electrons. The fourth-order valence-corrected chi connectivity index (χ4v) is 5.50. The minimum atomic E-state index is -0.0144. The van der Waals surface area contributed by atoms with E-state index < -0.39 is 0 Å². The van der Waals surface area contributed by atoms with Gasteiger partial charge in [0.25, 0.3) is 5.56 Å². The summed E-state index contributed by atoms with van der Waals surface area (Å²) in [7, 11) is 3.70. The third-order valence-corrected chi connectivity index (χ3v) is 7.52. The van der Waals surface area contributed by atoms with E-state index in [9.17, 15) is 9.59 Å². The van der Waals surface area contributed by atoms with Gasteiger partial charge in [-0.1, -0.05) is 0 Å². The van der Waals surface area contributed by atoms with Crippen LogP contribution in [-0.4, -0.2) is 64.6 Å². The first-order valence-electron chi connectivity index (χ1n) is 12.8. The Morgan fingerprint density at radius 2 is 1.74 bits per heavy atom. The lowest BCUT2D eigenvalue weighted by atomic mass is 10.0. The van der Waals surface area contributed by atoms with Crippen LogP contribution in [0.15, 0.2) is 47.7 Å². The van der Waals surface area contributed by atoms with Crippen molar-refractivity contribution in [1.82, 2.24) is 19.3 Å². The lowest BCUT2D eigenvalue weighted by molar-refractivity contribution is -0.116. The standard InChI is InChI=1S/C28H31N7O3/c1-18-11-22-24(32(4)28(18)37)12-21(33-7-9-38-10-8-33)13-25(22)35-6-5-34(19(2)36)26-14-23(29-16-27(26)35)20-15-30-31(3)17-20/h11-17H,5-10H2,1-4H3. The number of aromatic nitrogens is 4. The molecule has 0 radical (unpaired) electrons. The fraction of sp³-hybridized carbons (Fsp3) is 0.357. The topological polar surface area (TPSA) is 88.7 Å². The third kappa shape index (κ3) is 4.01. The van der Waals surface area contributed by atoms with Crippen LogP contribution in [0.1, 0.15) is 12.5 Å². The summed E-state index contributed by atoms with van der Waals surface area (Å²) in [6.45, 7) is 7.49. The second-order valence-electron chi connectivity index (χ2n) is 9.97. The van der Waals surface area contributed by atoms with Crippen LogP contribution in [0, 0.1) is 6.92 Å². The van der Waals surface area contributed by atoms with Gasteiger partial charge >= 0.3 is 0 Å². The number of ether oxygens (including phenoxy) is 1. The molecule has 3 aromatic heterocycles. The number of rotatable bonds is 3. The van der Waals surface area contributed by atoms with Crippen LogP contribution in [0.25, 0.3) is 22.2 Å². The lowest BCUT2D eigenvalue weighted by Crippen LogP contribution is -2.42. The van der Waals surface area contributed by atoms with E-state index in [1.807, 2.05) is 50.4 Å². The maximum atomic E-state index is 12.9. The van der Waals surface area contributed by atoms with E-state index in [1.165, 1.54) is 0 Å². The predicted molar refractivity (Wildman–Crippen MR) is 148 cm³/mol. The Hall–Kier alpha value is -4.18. The predicted octanol–water partition coefficient (Wildman–Crippen LogP) is 2.98. The highest BCUT2D eigenvalue weighted by Crippen LogP contribution is 2.43. The summed E-state index contributed by atoms with van der Waals surface area (Å²) in [6.07, 6.45) is 5.53. The Bertz CT molecular complexity index is 1620. The molecule has 10 nitrogen and oxygen atoms in total. The average molecular weight is 514 g/mol. The van der Waals surface area contributed by atoms with Crippen LogP contribution in [0.2, 0.25) is 0 Å². The molecule has 1 saturated heterocycles. The number of amides is 1. The summed E-state index contributed by atoms with van der Waals surface area (Å²) < 4.78 is 9.05. The van der Waals surface area contributed by atoms with Crippen molar-refractivity contribution in [3.63, 3.8) is 0 Å². The second kappa shape index (κ2) is 9.29. The summed E-state index contributed by atoms with van der Waals surface area (Å²) >= 11 is 0. The van der Waals surface area contributed by atoms with Gasteiger partial charge in [0.05, 0.1) is 53.9 Å². The number of carbonyl (C=O) groups is 1. The molecule has 2 aliphatic rings. The maximum absolute atomic E-state index is 12.9. The molecule has 1 aromatic carbocycles. The Labute approximate surface area is 220 Å². The van der Waals surface area contributed by atoms with Crippen LogP contribution in [0.3, 0.4) is 0 Å². The number of fused-ring (bicyclic) bond motifs is 2. The fourth-order valence-electron chi connectivity index (χ4n) is 5.50. The summed E-state index contributed by atoms with van der Waals surface area (Å²) in [5.74, 6) is -0.0144. The van der Waals surface area contributed by atoms with E-state index in [2.05, 4.69) is 27.0 Å². The normalized spacial score (nSPS) is 15.7. The molecule has 0 spiro atoms. The van der Waals surface area contributed by atoms with E-state index in [-0.39, 0.29) is 11.5 Å². The smallest absolute Gasteiger partial charge is 0.253 e. The average Bonchev–Trinajstić information content (AvgIpc) is 3.37. The van der Waals surface area contributed by atoms with Gasteiger partial charge in [-0.25, -0.2) is 0 Å². The zero-order chi connectivity index (χ0) is 26.6. The van der Waals surface area contributed by atoms with Crippen LogP contribution in [-0.2, 0) is 23.6 Å². The van der Waals surface area contributed by atoms with Gasteiger partial charge < -0.3 is 24.0 Å². The van der Waals surface area contributed by atoms with Gasteiger partial charge in [-0.15, -0.1) is 0 Å². The van der Waals surface area contributed by atoms with E-state index in [0.717, 1.165) is 58.0 Å².